The van der Waals surface area contributed by atoms with Gasteiger partial charge in [-0.05, 0) is 67.4 Å². The van der Waals surface area contributed by atoms with Crippen LogP contribution in [0, 0.1) is 5.82 Å². The lowest BCUT2D eigenvalue weighted by Gasteiger charge is -2.32. The zero-order valence-corrected chi connectivity index (χ0v) is 19.3. The van der Waals surface area contributed by atoms with E-state index < -0.39 is 15.7 Å². The molecule has 1 saturated heterocycles. The maximum absolute atomic E-state index is 13.1. The van der Waals surface area contributed by atoms with Crippen molar-refractivity contribution in [2.45, 2.75) is 28.7 Å². The Bertz CT molecular complexity index is 1460. The molecule has 5 rings (SSSR count). The standard InChI is InChI=1S/C26H21FN2O5S/c27-18-8-5-16(6-9-18)25(31)28-19-11-13-29(14-12-19)26(32)17-7-10-21-23(15-17)35(33,34)22-4-2-1-3-20(22)24(21)30/h1-10,15,19H,11-14H2,(H,28,31). The van der Waals surface area contributed by atoms with Gasteiger partial charge in [0.2, 0.25) is 9.84 Å². The van der Waals surface area contributed by atoms with E-state index in [1.165, 1.54) is 54.6 Å². The maximum Gasteiger partial charge on any atom is 0.253 e. The van der Waals surface area contributed by atoms with Crippen LogP contribution in [0.15, 0.2) is 76.5 Å². The minimum atomic E-state index is -3.93. The Labute approximate surface area is 201 Å². The van der Waals surface area contributed by atoms with Gasteiger partial charge in [-0.3, -0.25) is 14.4 Å². The Kier molecular flexibility index (Phi) is 5.72. The normalized spacial score (nSPS) is 16.8. The molecule has 2 amide bonds. The number of amides is 2. The van der Waals surface area contributed by atoms with Gasteiger partial charge in [0.15, 0.2) is 5.78 Å². The molecule has 0 aliphatic carbocycles. The minimum absolute atomic E-state index is 0.0557. The van der Waals surface area contributed by atoms with E-state index in [-0.39, 0.29) is 50.1 Å². The average Bonchev–Trinajstić information content (AvgIpc) is 2.87. The van der Waals surface area contributed by atoms with Crippen LogP contribution in [0.2, 0.25) is 0 Å². The molecule has 35 heavy (non-hydrogen) atoms. The van der Waals surface area contributed by atoms with Gasteiger partial charge in [-0.2, -0.15) is 0 Å². The molecule has 2 aliphatic heterocycles. The highest BCUT2D eigenvalue weighted by atomic mass is 32.2. The van der Waals surface area contributed by atoms with Crippen molar-refractivity contribution in [1.82, 2.24) is 10.2 Å². The van der Waals surface area contributed by atoms with E-state index in [0.717, 1.165) is 0 Å². The van der Waals surface area contributed by atoms with E-state index >= 15 is 0 Å². The summed E-state index contributed by atoms with van der Waals surface area (Å²) in [4.78, 5) is 39.7. The number of likely N-dealkylation sites (tertiary alicyclic amines) is 1. The number of hydrogen-bond donors (Lipinski definition) is 1. The number of hydrogen-bond acceptors (Lipinski definition) is 5. The molecule has 0 aromatic heterocycles. The Hall–Kier alpha value is -3.85. The smallest absolute Gasteiger partial charge is 0.253 e. The Morgan fingerprint density at radius 3 is 2.20 bits per heavy atom. The van der Waals surface area contributed by atoms with Gasteiger partial charge < -0.3 is 10.2 Å². The fraction of sp³-hybridized carbons (Fsp3) is 0.192. The first-order valence-electron chi connectivity index (χ1n) is 11.1. The lowest BCUT2D eigenvalue weighted by Crippen LogP contribution is -2.46. The molecule has 3 aromatic carbocycles. The second-order valence-corrected chi connectivity index (χ2v) is 10.5. The minimum Gasteiger partial charge on any atom is -0.349 e. The molecule has 2 heterocycles. The summed E-state index contributed by atoms with van der Waals surface area (Å²) >= 11 is 0. The van der Waals surface area contributed by atoms with Gasteiger partial charge in [0.1, 0.15) is 5.82 Å². The molecule has 0 unspecified atom stereocenters. The number of piperidine rings is 1. The summed E-state index contributed by atoms with van der Waals surface area (Å²) < 4.78 is 39.3. The number of rotatable bonds is 3. The number of benzene rings is 3. The predicted octanol–water partition coefficient (Wildman–Crippen LogP) is 3.24. The topological polar surface area (TPSA) is 101 Å². The summed E-state index contributed by atoms with van der Waals surface area (Å²) in [5.74, 6) is -1.45. The molecular formula is C26H21FN2O5S. The monoisotopic (exact) mass is 492 g/mol. The highest BCUT2D eigenvalue weighted by Crippen LogP contribution is 2.35. The van der Waals surface area contributed by atoms with E-state index in [1.807, 2.05) is 0 Å². The van der Waals surface area contributed by atoms with E-state index in [9.17, 15) is 27.2 Å². The van der Waals surface area contributed by atoms with Crippen molar-refractivity contribution in [3.8, 4) is 0 Å². The number of sulfone groups is 1. The fourth-order valence-electron chi connectivity index (χ4n) is 4.50. The first-order chi connectivity index (χ1) is 16.8. The van der Waals surface area contributed by atoms with Crippen LogP contribution < -0.4 is 5.32 Å². The van der Waals surface area contributed by atoms with Crippen molar-refractivity contribution >= 4 is 27.4 Å². The van der Waals surface area contributed by atoms with Crippen molar-refractivity contribution in [1.29, 1.82) is 0 Å². The van der Waals surface area contributed by atoms with Gasteiger partial charge in [0.05, 0.1) is 9.79 Å². The van der Waals surface area contributed by atoms with E-state index in [1.54, 1.807) is 17.0 Å². The van der Waals surface area contributed by atoms with Crippen LogP contribution in [0.4, 0.5) is 4.39 Å². The zero-order valence-electron chi connectivity index (χ0n) is 18.5. The summed E-state index contributed by atoms with van der Waals surface area (Å²) in [5.41, 5.74) is 0.732. The fourth-order valence-corrected chi connectivity index (χ4v) is 6.17. The zero-order chi connectivity index (χ0) is 24.7. The van der Waals surface area contributed by atoms with Crippen LogP contribution in [0.25, 0.3) is 0 Å². The molecule has 0 atom stereocenters. The number of nitrogens with zero attached hydrogens (tertiary/aromatic N) is 1. The third kappa shape index (κ3) is 4.12. The molecule has 1 N–H and O–H groups in total. The maximum atomic E-state index is 13.1. The summed E-state index contributed by atoms with van der Waals surface area (Å²) in [6.07, 6.45) is 1.04. The van der Waals surface area contributed by atoms with Crippen LogP contribution in [0.5, 0.6) is 0 Å². The number of ketones is 1. The number of nitrogens with one attached hydrogen (secondary N) is 1. The Morgan fingerprint density at radius 2 is 1.49 bits per heavy atom. The second kappa shape index (κ2) is 8.74. The lowest BCUT2D eigenvalue weighted by atomic mass is 10.00. The average molecular weight is 493 g/mol. The quantitative estimate of drug-likeness (QED) is 0.473. The summed E-state index contributed by atoms with van der Waals surface area (Å²) in [6, 6.07) is 15.3. The van der Waals surface area contributed by atoms with Gasteiger partial charge in [-0.1, -0.05) is 12.1 Å². The van der Waals surface area contributed by atoms with Crippen molar-refractivity contribution in [3.63, 3.8) is 0 Å². The molecule has 3 aromatic rings. The molecule has 1 fully saturated rings. The summed E-state index contributed by atoms with van der Waals surface area (Å²) in [6.45, 7) is 0.748. The molecule has 178 valence electrons. The third-order valence-electron chi connectivity index (χ3n) is 6.41. The van der Waals surface area contributed by atoms with Crippen LogP contribution in [0.1, 0.15) is 49.5 Å². The van der Waals surface area contributed by atoms with Crippen molar-refractivity contribution < 1.29 is 27.2 Å². The first kappa shape index (κ1) is 22.9. The molecule has 7 nitrogen and oxygen atoms in total. The van der Waals surface area contributed by atoms with E-state index in [0.29, 0.717) is 31.5 Å². The summed E-state index contributed by atoms with van der Waals surface area (Å²) in [7, 11) is -3.93. The van der Waals surface area contributed by atoms with Crippen LogP contribution in [0.3, 0.4) is 0 Å². The first-order valence-corrected chi connectivity index (χ1v) is 12.6. The van der Waals surface area contributed by atoms with Gasteiger partial charge in [-0.25, -0.2) is 12.8 Å². The Morgan fingerprint density at radius 1 is 0.857 bits per heavy atom. The number of fused-ring (bicyclic) bond motifs is 2. The Balaban J connectivity index is 1.29. The number of carbonyl (C=O) groups excluding carboxylic acids is 3. The molecule has 0 radical (unpaired) electrons. The predicted molar refractivity (Wildman–Crippen MR) is 125 cm³/mol. The van der Waals surface area contributed by atoms with Crippen molar-refractivity contribution in [2.75, 3.05) is 13.1 Å². The van der Waals surface area contributed by atoms with Gasteiger partial charge in [0.25, 0.3) is 11.8 Å². The van der Waals surface area contributed by atoms with E-state index in [4.69, 9.17) is 0 Å². The van der Waals surface area contributed by atoms with Crippen molar-refractivity contribution in [3.05, 3.63) is 94.8 Å². The van der Waals surface area contributed by atoms with E-state index in [2.05, 4.69) is 5.32 Å². The third-order valence-corrected chi connectivity index (χ3v) is 8.26. The van der Waals surface area contributed by atoms with Crippen LogP contribution in [-0.4, -0.2) is 50.0 Å². The molecule has 9 heteroatoms. The highest BCUT2D eigenvalue weighted by molar-refractivity contribution is 7.91. The largest absolute Gasteiger partial charge is 0.349 e. The molecule has 0 saturated carbocycles. The molecule has 2 aliphatic rings. The lowest BCUT2D eigenvalue weighted by molar-refractivity contribution is 0.0697. The summed E-state index contributed by atoms with van der Waals surface area (Å²) in [5, 5.41) is 2.90. The van der Waals surface area contributed by atoms with Crippen molar-refractivity contribution in [2.24, 2.45) is 0 Å². The highest BCUT2D eigenvalue weighted by Gasteiger charge is 2.35. The van der Waals surface area contributed by atoms with Crippen LogP contribution in [-0.2, 0) is 9.84 Å². The van der Waals surface area contributed by atoms with Gasteiger partial charge in [0, 0.05) is 41.4 Å². The molecule has 0 bridgehead atoms. The van der Waals surface area contributed by atoms with Gasteiger partial charge in [-0.15, -0.1) is 0 Å². The molecule has 0 spiro atoms. The van der Waals surface area contributed by atoms with Gasteiger partial charge >= 0.3 is 0 Å². The number of carbonyl (C=O) groups is 3. The second-order valence-electron chi connectivity index (χ2n) is 8.59. The van der Waals surface area contributed by atoms with Crippen LogP contribution >= 0.6 is 0 Å². The number of halogens is 1. The molecular weight excluding hydrogens is 471 g/mol. The SMILES string of the molecule is O=C(NC1CCN(C(=O)c2ccc3c(c2)S(=O)(=O)c2ccccc2C3=O)CC1)c1ccc(F)cc1.